The molecule has 3 heterocycles. The second-order valence-corrected chi connectivity index (χ2v) is 7.53. The van der Waals surface area contributed by atoms with E-state index in [4.69, 9.17) is 0 Å². The Balaban J connectivity index is 1.44. The lowest BCUT2D eigenvalue weighted by Gasteiger charge is -2.43. The van der Waals surface area contributed by atoms with Crippen LogP contribution in [0.1, 0.15) is 51.9 Å². The van der Waals surface area contributed by atoms with Crippen molar-refractivity contribution in [2.75, 3.05) is 52.4 Å². The van der Waals surface area contributed by atoms with Crippen LogP contribution < -0.4 is 0 Å². The molecule has 0 saturated carbocycles. The van der Waals surface area contributed by atoms with Crippen molar-refractivity contribution in [1.29, 1.82) is 0 Å². The molecule has 0 N–H and O–H groups in total. The van der Waals surface area contributed by atoms with Crippen LogP contribution >= 0.6 is 0 Å². The maximum absolute atomic E-state index is 2.85. The molecule has 0 aromatic rings. The topological polar surface area (TPSA) is 9.72 Å². The highest BCUT2D eigenvalue weighted by Crippen LogP contribution is 2.25. The van der Waals surface area contributed by atoms with E-state index in [9.17, 15) is 0 Å². The van der Waals surface area contributed by atoms with Crippen LogP contribution in [0.15, 0.2) is 0 Å². The molecule has 3 aliphatic heterocycles. The first-order valence-corrected chi connectivity index (χ1v) is 9.54. The lowest BCUT2D eigenvalue weighted by atomic mass is 9.93. The Morgan fingerprint density at radius 1 is 0.762 bits per heavy atom. The van der Waals surface area contributed by atoms with E-state index in [1.54, 1.807) is 0 Å². The van der Waals surface area contributed by atoms with E-state index in [2.05, 4.69) is 21.6 Å². The lowest BCUT2D eigenvalue weighted by Crippen LogP contribution is -2.50. The molecule has 1 atom stereocenters. The van der Waals surface area contributed by atoms with Gasteiger partial charge in [-0.3, -0.25) is 4.90 Å². The summed E-state index contributed by atoms with van der Waals surface area (Å²) in [6, 6.07) is 0.886. The molecule has 0 aromatic heterocycles. The molecule has 0 aliphatic carbocycles. The fraction of sp³-hybridized carbons (Fsp3) is 1.00. The fourth-order valence-corrected chi connectivity index (χ4v) is 4.69. The number of nitrogens with zero attached hydrogens (tertiary/aromatic N) is 3. The van der Waals surface area contributed by atoms with E-state index in [0.717, 1.165) is 12.0 Å². The molecule has 0 radical (unpaired) electrons. The molecule has 3 saturated heterocycles. The van der Waals surface area contributed by atoms with Gasteiger partial charge < -0.3 is 9.80 Å². The van der Waals surface area contributed by atoms with Gasteiger partial charge in [0, 0.05) is 19.1 Å². The highest BCUT2D eigenvalue weighted by molar-refractivity contribution is 4.84. The molecule has 3 nitrogen and oxygen atoms in total. The SMILES string of the molecule is CCN1CCC(N2CCCC(CN3CCCCC3)C2)CC1. The Hall–Kier alpha value is -0.120. The summed E-state index contributed by atoms with van der Waals surface area (Å²) in [7, 11) is 0. The van der Waals surface area contributed by atoms with Crippen molar-refractivity contribution in [2.45, 2.75) is 57.9 Å². The van der Waals surface area contributed by atoms with E-state index in [1.165, 1.54) is 97.3 Å². The molecule has 0 spiro atoms. The van der Waals surface area contributed by atoms with Gasteiger partial charge in [-0.25, -0.2) is 0 Å². The van der Waals surface area contributed by atoms with Crippen LogP contribution in [0, 0.1) is 5.92 Å². The number of hydrogen-bond donors (Lipinski definition) is 0. The van der Waals surface area contributed by atoms with Crippen LogP contribution in [-0.4, -0.2) is 73.1 Å². The monoisotopic (exact) mass is 293 g/mol. The maximum Gasteiger partial charge on any atom is 0.0120 e. The van der Waals surface area contributed by atoms with Crippen molar-refractivity contribution in [3.63, 3.8) is 0 Å². The summed E-state index contributed by atoms with van der Waals surface area (Å²) >= 11 is 0. The van der Waals surface area contributed by atoms with Crippen LogP contribution in [0.3, 0.4) is 0 Å². The van der Waals surface area contributed by atoms with Crippen LogP contribution in [0.5, 0.6) is 0 Å². The second-order valence-electron chi connectivity index (χ2n) is 7.53. The van der Waals surface area contributed by atoms with Crippen molar-refractivity contribution < 1.29 is 0 Å². The minimum atomic E-state index is 0.886. The molecule has 3 fully saturated rings. The minimum Gasteiger partial charge on any atom is -0.303 e. The van der Waals surface area contributed by atoms with Gasteiger partial charge in [-0.05, 0) is 83.7 Å². The van der Waals surface area contributed by atoms with Gasteiger partial charge in [0.15, 0.2) is 0 Å². The predicted molar refractivity (Wildman–Crippen MR) is 89.7 cm³/mol. The molecule has 3 aliphatic rings. The van der Waals surface area contributed by atoms with Gasteiger partial charge in [-0.2, -0.15) is 0 Å². The van der Waals surface area contributed by atoms with Crippen molar-refractivity contribution in [3.05, 3.63) is 0 Å². The Morgan fingerprint density at radius 2 is 1.52 bits per heavy atom. The van der Waals surface area contributed by atoms with Crippen LogP contribution in [0.2, 0.25) is 0 Å². The summed E-state index contributed by atoms with van der Waals surface area (Å²) in [6.07, 6.45) is 10.1. The van der Waals surface area contributed by atoms with E-state index >= 15 is 0 Å². The normalized spacial score (nSPS) is 31.6. The minimum absolute atomic E-state index is 0.886. The van der Waals surface area contributed by atoms with E-state index in [1.807, 2.05) is 0 Å². The Labute approximate surface area is 131 Å². The van der Waals surface area contributed by atoms with Gasteiger partial charge in [0.1, 0.15) is 0 Å². The zero-order valence-electron chi connectivity index (χ0n) is 14.1. The summed E-state index contributed by atoms with van der Waals surface area (Å²) in [5.74, 6) is 0.945. The van der Waals surface area contributed by atoms with E-state index in [0.29, 0.717) is 0 Å². The van der Waals surface area contributed by atoms with Crippen LogP contribution in [-0.2, 0) is 0 Å². The summed E-state index contributed by atoms with van der Waals surface area (Å²) in [5, 5.41) is 0. The number of hydrogen-bond acceptors (Lipinski definition) is 3. The smallest absolute Gasteiger partial charge is 0.0120 e. The molecular weight excluding hydrogens is 258 g/mol. The van der Waals surface area contributed by atoms with Gasteiger partial charge in [0.05, 0.1) is 0 Å². The molecule has 3 rings (SSSR count). The third kappa shape index (κ3) is 4.43. The highest BCUT2D eigenvalue weighted by Gasteiger charge is 2.29. The lowest BCUT2D eigenvalue weighted by molar-refractivity contribution is 0.0588. The first kappa shape index (κ1) is 15.8. The molecule has 1 unspecified atom stereocenters. The first-order valence-electron chi connectivity index (χ1n) is 9.54. The average Bonchev–Trinajstić information content (AvgIpc) is 2.56. The molecule has 0 bridgehead atoms. The molecule has 21 heavy (non-hydrogen) atoms. The summed E-state index contributed by atoms with van der Waals surface area (Å²) in [5.41, 5.74) is 0. The van der Waals surface area contributed by atoms with Crippen molar-refractivity contribution in [1.82, 2.24) is 14.7 Å². The second kappa shape index (κ2) is 7.94. The standard InChI is InChI=1S/C18H35N3/c1-2-19-13-8-18(9-14-19)21-12-6-7-17(16-21)15-20-10-4-3-5-11-20/h17-18H,2-16H2,1H3. The first-order chi connectivity index (χ1) is 10.3. The van der Waals surface area contributed by atoms with Gasteiger partial charge in [-0.1, -0.05) is 13.3 Å². The van der Waals surface area contributed by atoms with Crippen molar-refractivity contribution in [2.24, 2.45) is 5.92 Å². The van der Waals surface area contributed by atoms with E-state index in [-0.39, 0.29) is 0 Å². The van der Waals surface area contributed by atoms with E-state index < -0.39 is 0 Å². The third-order valence-corrected chi connectivity index (χ3v) is 6.04. The third-order valence-electron chi connectivity index (χ3n) is 6.04. The van der Waals surface area contributed by atoms with Crippen LogP contribution in [0.25, 0.3) is 0 Å². The van der Waals surface area contributed by atoms with Gasteiger partial charge in [-0.15, -0.1) is 0 Å². The number of likely N-dealkylation sites (tertiary alicyclic amines) is 3. The molecule has 122 valence electrons. The molecule has 0 amide bonds. The Morgan fingerprint density at radius 3 is 2.24 bits per heavy atom. The largest absolute Gasteiger partial charge is 0.303 e. The van der Waals surface area contributed by atoms with Crippen molar-refractivity contribution >= 4 is 0 Å². The molecular formula is C18H35N3. The Bertz CT molecular complexity index is 293. The quantitative estimate of drug-likeness (QED) is 0.789. The highest BCUT2D eigenvalue weighted by atomic mass is 15.2. The summed E-state index contributed by atoms with van der Waals surface area (Å²) < 4.78 is 0. The summed E-state index contributed by atoms with van der Waals surface area (Å²) in [6.45, 7) is 13.1. The van der Waals surface area contributed by atoms with Crippen LogP contribution in [0.4, 0.5) is 0 Å². The number of rotatable bonds is 4. The van der Waals surface area contributed by atoms with Gasteiger partial charge in [0.25, 0.3) is 0 Å². The average molecular weight is 293 g/mol. The number of piperidine rings is 3. The zero-order chi connectivity index (χ0) is 14.5. The molecule has 3 heteroatoms. The fourth-order valence-electron chi connectivity index (χ4n) is 4.69. The predicted octanol–water partition coefficient (Wildman–Crippen LogP) is 2.67. The van der Waals surface area contributed by atoms with Crippen molar-refractivity contribution in [3.8, 4) is 0 Å². The van der Waals surface area contributed by atoms with Gasteiger partial charge in [0.2, 0.25) is 0 Å². The molecule has 0 aromatic carbocycles. The summed E-state index contributed by atoms with van der Waals surface area (Å²) in [4.78, 5) is 8.22. The maximum atomic E-state index is 2.85. The zero-order valence-corrected chi connectivity index (χ0v) is 14.1. The Kier molecular flexibility index (Phi) is 5.96. The van der Waals surface area contributed by atoms with Gasteiger partial charge >= 0.3 is 0 Å².